The fourth-order valence-electron chi connectivity index (χ4n) is 7.96. The minimum Gasteiger partial charge on any atom is -0.458 e. The molecule has 2 heterocycles. The van der Waals surface area contributed by atoms with Crippen molar-refractivity contribution in [2.75, 3.05) is 20.6 Å². The molecule has 48 heavy (non-hydrogen) atoms. The number of ketones is 2. The summed E-state index contributed by atoms with van der Waals surface area (Å²) in [6.45, 7) is 17.2. The van der Waals surface area contributed by atoms with Gasteiger partial charge in [0.15, 0.2) is 11.4 Å². The van der Waals surface area contributed by atoms with E-state index in [2.05, 4.69) is 24.1 Å². The fourth-order valence-corrected chi connectivity index (χ4v) is 7.96. The Bertz CT molecular complexity index is 1230. The van der Waals surface area contributed by atoms with E-state index in [9.17, 15) is 29.1 Å². The van der Waals surface area contributed by atoms with Crippen molar-refractivity contribution in [3.05, 3.63) is 12.7 Å². The highest BCUT2D eigenvalue weighted by atomic mass is 16.6. The van der Waals surface area contributed by atoms with Crippen LogP contribution in [-0.2, 0) is 33.3 Å². The molecule has 13 nitrogen and oxygen atoms in total. The van der Waals surface area contributed by atoms with Gasteiger partial charge in [-0.25, -0.2) is 9.59 Å². The monoisotopic (exact) mass is 679 g/mol. The lowest BCUT2D eigenvalue weighted by atomic mass is 9.73. The zero-order valence-electron chi connectivity index (χ0n) is 30.2. The summed E-state index contributed by atoms with van der Waals surface area (Å²) in [5.41, 5.74) is -3.01. The first-order valence-corrected chi connectivity index (χ1v) is 17.2. The average Bonchev–Trinajstić information content (AvgIpc) is 3.34. The predicted molar refractivity (Wildman–Crippen MR) is 177 cm³/mol. The molecule has 2 saturated heterocycles. The molecule has 0 radical (unpaired) electrons. The molecule has 272 valence electrons. The third kappa shape index (κ3) is 8.22. The van der Waals surface area contributed by atoms with Crippen LogP contribution in [0.4, 0.5) is 9.59 Å². The van der Waals surface area contributed by atoms with Crippen molar-refractivity contribution >= 4 is 29.7 Å². The first-order valence-electron chi connectivity index (χ1n) is 17.2. The number of nitrogens with one attached hydrogen (secondary N) is 2. The topological polar surface area (TPSA) is 170 Å². The van der Waals surface area contributed by atoms with Gasteiger partial charge in [-0.15, -0.1) is 6.58 Å². The molecule has 3 rings (SSSR count). The Morgan fingerprint density at radius 2 is 1.73 bits per heavy atom. The highest BCUT2D eigenvalue weighted by Crippen LogP contribution is 2.41. The van der Waals surface area contributed by atoms with E-state index in [4.69, 9.17) is 18.9 Å². The number of Topliss-reactive ketones (excluding diaryl/α,β-unsaturated/α-hetero) is 2. The second-order valence-electron chi connectivity index (χ2n) is 14.8. The number of alkyl carbamates (subject to hydrolysis) is 2. The number of likely N-dealkylation sites (N-methyl/N-ethyl adjacent to an activating group) is 1. The number of amides is 2. The summed E-state index contributed by atoms with van der Waals surface area (Å²) in [7, 11) is 3.75. The van der Waals surface area contributed by atoms with E-state index in [0.717, 1.165) is 6.42 Å². The SMILES string of the molecule is C=CCNC(=O)O[C@@]1(C)C[C@@H](C)C(=O)[C@@H](C)[C@H]2NC(=O)O[C@]2(C)[C@H](CC)OC(=O)[C@H](C)C(=O)[C@H](C)[C@H]1O[C@@H]1C[C@H](C)C[C@H](N(C)C)[C@H]1O. The molecule has 1 aliphatic carbocycles. The van der Waals surface area contributed by atoms with Crippen LogP contribution in [0, 0.1) is 29.6 Å². The van der Waals surface area contributed by atoms with E-state index in [1.54, 1.807) is 41.5 Å². The van der Waals surface area contributed by atoms with E-state index >= 15 is 0 Å². The number of cyclic esters (lactones) is 1. The maximum absolute atomic E-state index is 14.2. The van der Waals surface area contributed by atoms with Crippen LogP contribution in [0.15, 0.2) is 12.7 Å². The third-order valence-corrected chi connectivity index (χ3v) is 10.7. The molecule has 0 unspecified atom stereocenters. The van der Waals surface area contributed by atoms with Crippen LogP contribution in [-0.4, -0.2) is 108 Å². The number of hydrogen-bond donors (Lipinski definition) is 3. The number of ether oxygens (including phenoxy) is 4. The van der Waals surface area contributed by atoms with Gasteiger partial charge in [-0.2, -0.15) is 0 Å². The van der Waals surface area contributed by atoms with E-state index < -0.39 is 89.3 Å². The van der Waals surface area contributed by atoms with E-state index in [1.807, 2.05) is 19.0 Å². The van der Waals surface area contributed by atoms with Gasteiger partial charge in [-0.05, 0) is 66.5 Å². The van der Waals surface area contributed by atoms with Crippen LogP contribution >= 0.6 is 0 Å². The maximum Gasteiger partial charge on any atom is 0.408 e. The maximum atomic E-state index is 14.2. The van der Waals surface area contributed by atoms with Gasteiger partial charge in [0.1, 0.15) is 29.5 Å². The van der Waals surface area contributed by atoms with Crippen molar-refractivity contribution in [2.45, 2.75) is 129 Å². The number of rotatable bonds is 7. The molecule has 0 aromatic rings. The Hall–Kier alpha value is -3.03. The molecule has 13 heteroatoms. The summed E-state index contributed by atoms with van der Waals surface area (Å²) in [4.78, 5) is 69.7. The predicted octanol–water partition coefficient (Wildman–Crippen LogP) is 3.41. The van der Waals surface area contributed by atoms with Crippen molar-refractivity contribution in [3.8, 4) is 0 Å². The summed E-state index contributed by atoms with van der Waals surface area (Å²) in [6, 6.07) is -1.09. The van der Waals surface area contributed by atoms with Gasteiger partial charge in [-0.1, -0.05) is 40.7 Å². The zero-order chi connectivity index (χ0) is 36.3. The highest BCUT2D eigenvalue weighted by Gasteiger charge is 2.57. The lowest BCUT2D eigenvalue weighted by Crippen LogP contribution is -2.60. The van der Waals surface area contributed by atoms with Crippen LogP contribution in [0.5, 0.6) is 0 Å². The van der Waals surface area contributed by atoms with Crippen LogP contribution in [0.2, 0.25) is 0 Å². The van der Waals surface area contributed by atoms with Crippen molar-refractivity contribution in [3.63, 3.8) is 0 Å². The van der Waals surface area contributed by atoms with Crippen molar-refractivity contribution in [2.24, 2.45) is 29.6 Å². The standard InChI is InChI=1S/C35H57N3O10/c1-12-14-36-32(43)47-34(8)17-19(4)26(39)20(5)29-35(9,48-33(44)37-29)25(13-2)46-31(42)22(7)27(40)21(6)30(34)45-24-16-18(3)15-23(28(24)41)38(10)11/h12,18-25,28-30,41H,1,13-17H2,2-11H3,(H,36,43)(H,37,44)/t18-,19-,20-,21+,22-,23+,24-,25+,28-,29-,30-,34+,35-/m1/s1. The van der Waals surface area contributed by atoms with Crippen LogP contribution in [0.1, 0.15) is 81.1 Å². The Balaban J connectivity index is 2.18. The van der Waals surface area contributed by atoms with Gasteiger partial charge < -0.3 is 39.6 Å². The van der Waals surface area contributed by atoms with E-state index in [1.165, 1.54) is 13.0 Å². The second-order valence-corrected chi connectivity index (χ2v) is 14.8. The zero-order valence-corrected chi connectivity index (χ0v) is 30.2. The summed E-state index contributed by atoms with van der Waals surface area (Å²) in [6.07, 6.45) is -2.50. The minimum absolute atomic E-state index is 0.0658. The first kappa shape index (κ1) is 39.4. The summed E-state index contributed by atoms with van der Waals surface area (Å²) in [5, 5.41) is 16.8. The van der Waals surface area contributed by atoms with Gasteiger partial charge >= 0.3 is 18.2 Å². The van der Waals surface area contributed by atoms with Gasteiger partial charge in [0.25, 0.3) is 0 Å². The number of fused-ring (bicyclic) bond motifs is 1. The van der Waals surface area contributed by atoms with Crippen LogP contribution in [0.25, 0.3) is 0 Å². The lowest BCUT2D eigenvalue weighted by Gasteiger charge is -2.47. The van der Waals surface area contributed by atoms with Crippen molar-refractivity contribution < 1.29 is 48.0 Å². The Kier molecular flexibility index (Phi) is 12.9. The Morgan fingerprint density at radius 1 is 1.08 bits per heavy atom. The second kappa shape index (κ2) is 15.7. The Morgan fingerprint density at radius 3 is 2.31 bits per heavy atom. The number of nitrogens with zero attached hydrogens (tertiary/aromatic N) is 1. The van der Waals surface area contributed by atoms with Crippen molar-refractivity contribution in [1.82, 2.24) is 15.5 Å². The summed E-state index contributed by atoms with van der Waals surface area (Å²) >= 11 is 0. The Labute approximate surface area is 284 Å². The van der Waals surface area contributed by atoms with Gasteiger partial charge in [0.2, 0.25) is 0 Å². The third-order valence-electron chi connectivity index (χ3n) is 10.7. The van der Waals surface area contributed by atoms with Crippen molar-refractivity contribution in [1.29, 1.82) is 0 Å². The molecule has 2 aliphatic heterocycles. The molecule has 13 atom stereocenters. The number of hydrogen-bond acceptors (Lipinski definition) is 11. The van der Waals surface area contributed by atoms with Gasteiger partial charge in [-0.3, -0.25) is 14.4 Å². The molecule has 3 fully saturated rings. The van der Waals surface area contributed by atoms with Crippen LogP contribution < -0.4 is 10.6 Å². The molecule has 2 amide bonds. The molecular formula is C35H57N3O10. The number of carbonyl (C=O) groups is 5. The highest BCUT2D eigenvalue weighted by molar-refractivity contribution is 6.00. The number of carbonyl (C=O) groups excluding carboxylic acids is 5. The van der Waals surface area contributed by atoms with Gasteiger partial charge in [0, 0.05) is 30.3 Å². The molecule has 0 aromatic heterocycles. The summed E-state index contributed by atoms with van der Waals surface area (Å²) < 4.78 is 24.4. The van der Waals surface area contributed by atoms with Crippen LogP contribution in [0.3, 0.4) is 0 Å². The molecule has 0 bridgehead atoms. The average molecular weight is 680 g/mol. The molecule has 3 aliphatic rings. The van der Waals surface area contributed by atoms with Gasteiger partial charge in [0.05, 0.1) is 18.2 Å². The minimum atomic E-state index is -1.61. The quantitative estimate of drug-likeness (QED) is 0.156. The largest absolute Gasteiger partial charge is 0.458 e. The molecule has 3 N–H and O–H groups in total. The molecule has 1 saturated carbocycles. The number of aliphatic hydroxyl groups excluding tert-OH is 1. The molecular weight excluding hydrogens is 622 g/mol. The number of aliphatic hydroxyl groups is 1. The molecule has 0 aromatic carbocycles. The normalized spacial score (nSPS) is 41.4. The smallest absolute Gasteiger partial charge is 0.408 e. The fraction of sp³-hybridized carbons (Fsp3) is 0.800. The lowest BCUT2D eigenvalue weighted by molar-refractivity contribution is -0.198. The summed E-state index contributed by atoms with van der Waals surface area (Å²) in [5.74, 6) is -5.34. The van der Waals surface area contributed by atoms with E-state index in [-0.39, 0.29) is 37.1 Å². The first-order chi connectivity index (χ1) is 22.3. The van der Waals surface area contributed by atoms with E-state index in [0.29, 0.717) is 6.42 Å². The molecule has 0 spiro atoms. The number of esters is 1.